The highest BCUT2D eigenvalue weighted by molar-refractivity contribution is 5.75. The standard InChI is InChI=1S/C15H17N5O/c1-3-21-11-6-4-10(5-7-11)12-8-20-15(18-12)13(16)9(2)14(17)19-20/h4-8H,3,16H2,1-2H3,(H2,17,19). The van der Waals surface area contributed by atoms with Gasteiger partial charge in [0, 0.05) is 11.1 Å². The summed E-state index contributed by atoms with van der Waals surface area (Å²) in [4.78, 5) is 4.54. The quantitative estimate of drug-likeness (QED) is 0.769. The molecule has 6 heteroatoms. The fourth-order valence-corrected chi connectivity index (χ4v) is 2.16. The van der Waals surface area contributed by atoms with Crippen molar-refractivity contribution in [1.82, 2.24) is 14.6 Å². The number of hydrogen-bond acceptors (Lipinski definition) is 5. The minimum atomic E-state index is 0.413. The molecular weight excluding hydrogens is 266 g/mol. The Bertz CT molecular complexity index is 792. The van der Waals surface area contributed by atoms with Crippen molar-refractivity contribution >= 4 is 17.2 Å². The van der Waals surface area contributed by atoms with Crippen LogP contribution in [0.5, 0.6) is 5.75 Å². The van der Waals surface area contributed by atoms with Gasteiger partial charge in [0.2, 0.25) is 0 Å². The van der Waals surface area contributed by atoms with E-state index in [0.29, 0.717) is 23.8 Å². The first-order valence-corrected chi connectivity index (χ1v) is 6.74. The number of hydrogen-bond donors (Lipinski definition) is 2. The van der Waals surface area contributed by atoms with Crippen molar-refractivity contribution in [1.29, 1.82) is 0 Å². The smallest absolute Gasteiger partial charge is 0.177 e. The monoisotopic (exact) mass is 283 g/mol. The van der Waals surface area contributed by atoms with Gasteiger partial charge in [0.05, 0.1) is 24.2 Å². The number of aromatic nitrogens is 3. The third-order valence-corrected chi connectivity index (χ3v) is 3.39. The second-order valence-corrected chi connectivity index (χ2v) is 4.78. The van der Waals surface area contributed by atoms with E-state index in [4.69, 9.17) is 16.2 Å². The zero-order chi connectivity index (χ0) is 15.0. The van der Waals surface area contributed by atoms with Crippen LogP contribution in [-0.4, -0.2) is 21.2 Å². The highest BCUT2D eigenvalue weighted by Gasteiger charge is 2.12. The summed E-state index contributed by atoms with van der Waals surface area (Å²) in [6, 6.07) is 7.75. The number of imidazole rings is 1. The summed E-state index contributed by atoms with van der Waals surface area (Å²) in [5, 5.41) is 4.26. The number of ether oxygens (including phenoxy) is 1. The van der Waals surface area contributed by atoms with E-state index in [1.54, 1.807) is 4.52 Å². The molecule has 0 fully saturated rings. The molecule has 2 heterocycles. The molecule has 2 aromatic heterocycles. The van der Waals surface area contributed by atoms with Gasteiger partial charge in [0.25, 0.3) is 0 Å². The van der Waals surface area contributed by atoms with Crippen LogP contribution in [0.2, 0.25) is 0 Å². The van der Waals surface area contributed by atoms with E-state index in [0.717, 1.165) is 22.6 Å². The molecule has 0 aliphatic carbocycles. The molecule has 108 valence electrons. The van der Waals surface area contributed by atoms with Crippen molar-refractivity contribution in [3.8, 4) is 17.0 Å². The fourth-order valence-electron chi connectivity index (χ4n) is 2.16. The van der Waals surface area contributed by atoms with Gasteiger partial charge in [-0.15, -0.1) is 5.10 Å². The minimum Gasteiger partial charge on any atom is -0.494 e. The molecule has 0 radical (unpaired) electrons. The van der Waals surface area contributed by atoms with Crippen molar-refractivity contribution in [2.75, 3.05) is 18.1 Å². The first kappa shape index (κ1) is 13.2. The minimum absolute atomic E-state index is 0.413. The predicted molar refractivity (Wildman–Crippen MR) is 83.2 cm³/mol. The summed E-state index contributed by atoms with van der Waals surface area (Å²) in [5.74, 6) is 1.25. The topological polar surface area (TPSA) is 91.5 Å². The lowest BCUT2D eigenvalue weighted by Crippen LogP contribution is -2.05. The van der Waals surface area contributed by atoms with Gasteiger partial charge >= 0.3 is 0 Å². The third kappa shape index (κ3) is 2.24. The van der Waals surface area contributed by atoms with Crippen molar-refractivity contribution in [3.63, 3.8) is 0 Å². The molecule has 1 aromatic carbocycles. The molecule has 0 bridgehead atoms. The molecule has 3 aromatic rings. The Morgan fingerprint density at radius 1 is 1.19 bits per heavy atom. The Morgan fingerprint density at radius 3 is 2.57 bits per heavy atom. The largest absolute Gasteiger partial charge is 0.494 e. The molecule has 0 atom stereocenters. The Balaban J connectivity index is 2.06. The van der Waals surface area contributed by atoms with Crippen LogP contribution in [0.15, 0.2) is 30.5 Å². The molecule has 0 aliphatic rings. The highest BCUT2D eigenvalue weighted by Crippen LogP contribution is 2.26. The van der Waals surface area contributed by atoms with Gasteiger partial charge in [-0.1, -0.05) is 0 Å². The Labute approximate surface area is 122 Å². The molecule has 0 unspecified atom stereocenters. The maximum Gasteiger partial charge on any atom is 0.177 e. The van der Waals surface area contributed by atoms with E-state index in [1.165, 1.54) is 0 Å². The van der Waals surface area contributed by atoms with Gasteiger partial charge in [0.15, 0.2) is 5.65 Å². The van der Waals surface area contributed by atoms with E-state index in [1.807, 2.05) is 44.3 Å². The molecule has 4 N–H and O–H groups in total. The summed E-state index contributed by atoms with van der Waals surface area (Å²) in [5.41, 5.74) is 15.6. The van der Waals surface area contributed by atoms with Gasteiger partial charge in [-0.05, 0) is 38.1 Å². The Morgan fingerprint density at radius 2 is 1.90 bits per heavy atom. The number of fused-ring (bicyclic) bond motifs is 1. The zero-order valence-electron chi connectivity index (χ0n) is 12.0. The van der Waals surface area contributed by atoms with Gasteiger partial charge in [-0.2, -0.15) is 0 Å². The summed E-state index contributed by atoms with van der Waals surface area (Å²) >= 11 is 0. The molecular formula is C15H17N5O. The van der Waals surface area contributed by atoms with Crippen LogP contribution in [0.3, 0.4) is 0 Å². The second kappa shape index (κ2) is 4.97. The predicted octanol–water partition coefficient (Wildman–Crippen LogP) is 2.27. The van der Waals surface area contributed by atoms with Crippen molar-refractivity contribution in [2.24, 2.45) is 0 Å². The number of nitrogens with zero attached hydrogens (tertiary/aromatic N) is 3. The first-order chi connectivity index (χ1) is 10.1. The third-order valence-electron chi connectivity index (χ3n) is 3.39. The molecule has 21 heavy (non-hydrogen) atoms. The molecule has 0 saturated heterocycles. The van der Waals surface area contributed by atoms with Crippen LogP contribution in [0.25, 0.3) is 16.9 Å². The summed E-state index contributed by atoms with van der Waals surface area (Å²) in [6.45, 7) is 4.44. The zero-order valence-corrected chi connectivity index (χ0v) is 12.0. The lowest BCUT2D eigenvalue weighted by Gasteiger charge is -2.03. The number of anilines is 2. The normalized spacial score (nSPS) is 11.0. The number of nitrogens with two attached hydrogens (primary N) is 2. The average Bonchev–Trinajstić information content (AvgIpc) is 2.90. The summed E-state index contributed by atoms with van der Waals surface area (Å²) < 4.78 is 7.05. The van der Waals surface area contributed by atoms with Crippen LogP contribution in [-0.2, 0) is 0 Å². The lowest BCUT2D eigenvalue weighted by atomic mass is 10.2. The van der Waals surface area contributed by atoms with Gasteiger partial charge < -0.3 is 16.2 Å². The first-order valence-electron chi connectivity index (χ1n) is 6.74. The van der Waals surface area contributed by atoms with Crippen LogP contribution in [0.1, 0.15) is 12.5 Å². The van der Waals surface area contributed by atoms with E-state index in [-0.39, 0.29) is 0 Å². The molecule has 6 nitrogen and oxygen atoms in total. The average molecular weight is 283 g/mol. The number of rotatable bonds is 3. The van der Waals surface area contributed by atoms with E-state index >= 15 is 0 Å². The van der Waals surface area contributed by atoms with Gasteiger partial charge in [-0.3, -0.25) is 0 Å². The van der Waals surface area contributed by atoms with Crippen molar-refractivity contribution < 1.29 is 4.74 Å². The van der Waals surface area contributed by atoms with Gasteiger partial charge in [-0.25, -0.2) is 9.50 Å². The highest BCUT2D eigenvalue weighted by atomic mass is 16.5. The molecule has 0 amide bonds. The Hall–Kier alpha value is -2.76. The van der Waals surface area contributed by atoms with E-state index in [2.05, 4.69) is 10.1 Å². The Kier molecular flexibility index (Phi) is 3.13. The van der Waals surface area contributed by atoms with Crippen molar-refractivity contribution in [3.05, 3.63) is 36.0 Å². The van der Waals surface area contributed by atoms with Crippen molar-refractivity contribution in [2.45, 2.75) is 13.8 Å². The van der Waals surface area contributed by atoms with Crippen LogP contribution >= 0.6 is 0 Å². The molecule has 3 rings (SSSR count). The number of nitrogen functional groups attached to an aromatic ring is 2. The summed E-state index contributed by atoms with van der Waals surface area (Å²) in [7, 11) is 0. The maximum absolute atomic E-state index is 6.05. The summed E-state index contributed by atoms with van der Waals surface area (Å²) in [6.07, 6.45) is 1.82. The lowest BCUT2D eigenvalue weighted by molar-refractivity contribution is 0.340. The molecule has 0 saturated carbocycles. The SMILES string of the molecule is CCOc1ccc(-c2cn3nc(N)c(C)c(N)c3n2)cc1. The van der Waals surface area contributed by atoms with Crippen LogP contribution in [0, 0.1) is 6.92 Å². The van der Waals surface area contributed by atoms with Gasteiger partial charge in [0.1, 0.15) is 11.6 Å². The second-order valence-electron chi connectivity index (χ2n) is 4.78. The van der Waals surface area contributed by atoms with E-state index in [9.17, 15) is 0 Å². The maximum atomic E-state index is 6.05. The fraction of sp³-hybridized carbons (Fsp3) is 0.200. The molecule has 0 spiro atoms. The van der Waals surface area contributed by atoms with Crippen LogP contribution in [0.4, 0.5) is 11.5 Å². The number of benzene rings is 1. The molecule has 0 aliphatic heterocycles. The van der Waals surface area contributed by atoms with Crippen LogP contribution < -0.4 is 16.2 Å². The van der Waals surface area contributed by atoms with E-state index < -0.39 is 0 Å².